The molecule has 0 bridgehead atoms. The van der Waals surface area contributed by atoms with Crippen LogP contribution in [-0.4, -0.2) is 27.5 Å². The van der Waals surface area contributed by atoms with Crippen LogP contribution in [0.2, 0.25) is 0 Å². The highest BCUT2D eigenvalue weighted by Gasteiger charge is 2.10. The van der Waals surface area contributed by atoms with E-state index in [1.54, 1.807) is 17.1 Å². The molecule has 0 aliphatic carbocycles. The van der Waals surface area contributed by atoms with Crippen LogP contribution < -0.4 is 10.6 Å². The van der Waals surface area contributed by atoms with Crippen molar-refractivity contribution in [2.75, 3.05) is 11.9 Å². The van der Waals surface area contributed by atoms with Crippen molar-refractivity contribution in [3.05, 3.63) is 65.1 Å². The summed E-state index contributed by atoms with van der Waals surface area (Å²) in [5, 5.41) is 23.2. The number of rotatable bonds is 5. The summed E-state index contributed by atoms with van der Waals surface area (Å²) < 4.78 is 1.68. The molecule has 1 atom stereocenters. The van der Waals surface area contributed by atoms with Crippen LogP contribution in [-0.2, 0) is 0 Å². The van der Waals surface area contributed by atoms with Gasteiger partial charge in [0.2, 0.25) is 0 Å². The summed E-state index contributed by atoms with van der Waals surface area (Å²) in [5.74, 6) is 0. The Balaban J connectivity index is 1.53. The summed E-state index contributed by atoms with van der Waals surface area (Å²) in [7, 11) is 0. The average molecular weight is 328 g/mol. The Hall–Kier alpha value is -2.64. The van der Waals surface area contributed by atoms with Crippen LogP contribution in [0.25, 0.3) is 5.69 Å². The molecule has 2 amide bonds. The van der Waals surface area contributed by atoms with Crippen molar-refractivity contribution in [1.29, 1.82) is 0 Å². The molecule has 0 fully saturated rings. The molecule has 2 heterocycles. The normalized spacial score (nSPS) is 11.9. The Bertz CT molecular complexity index is 756. The molecule has 0 radical (unpaired) electrons. The van der Waals surface area contributed by atoms with E-state index in [1.165, 1.54) is 11.3 Å². The monoisotopic (exact) mass is 328 g/mol. The summed E-state index contributed by atoms with van der Waals surface area (Å²) in [5.41, 5.74) is 2.29. The highest BCUT2D eigenvalue weighted by Crippen LogP contribution is 2.15. The number of hydrogen-bond donors (Lipinski definition) is 3. The zero-order valence-electron chi connectivity index (χ0n) is 12.2. The largest absolute Gasteiger partial charge is 0.387 e. The van der Waals surface area contributed by atoms with Gasteiger partial charge in [0.05, 0.1) is 29.9 Å². The van der Waals surface area contributed by atoms with E-state index in [1.807, 2.05) is 47.2 Å². The van der Waals surface area contributed by atoms with Crippen molar-refractivity contribution >= 4 is 23.1 Å². The zero-order chi connectivity index (χ0) is 16.1. The van der Waals surface area contributed by atoms with E-state index in [2.05, 4.69) is 15.7 Å². The van der Waals surface area contributed by atoms with E-state index >= 15 is 0 Å². The molecule has 3 rings (SSSR count). The summed E-state index contributed by atoms with van der Waals surface area (Å²) in [6.45, 7) is 0.148. The van der Waals surface area contributed by atoms with Crippen molar-refractivity contribution in [1.82, 2.24) is 15.1 Å². The fourth-order valence-corrected chi connectivity index (χ4v) is 2.76. The van der Waals surface area contributed by atoms with Crippen LogP contribution in [0.1, 0.15) is 11.7 Å². The molecule has 0 saturated heterocycles. The van der Waals surface area contributed by atoms with Gasteiger partial charge in [0.15, 0.2) is 0 Å². The molecule has 0 spiro atoms. The molecule has 3 N–H and O–H groups in total. The number of anilines is 1. The van der Waals surface area contributed by atoms with Crippen LogP contribution in [0.5, 0.6) is 0 Å². The molecule has 1 aromatic carbocycles. The van der Waals surface area contributed by atoms with Crippen LogP contribution >= 0.6 is 11.3 Å². The Labute approximate surface area is 137 Å². The summed E-state index contributed by atoms with van der Waals surface area (Å²) in [4.78, 5) is 11.9. The number of carbonyl (C=O) groups excluding carboxylic acids is 1. The SMILES string of the molecule is O=C(NC[C@H](O)c1ccsc1)Nc1cnn(-c2ccccc2)c1. The van der Waals surface area contributed by atoms with Crippen molar-refractivity contribution in [3.63, 3.8) is 0 Å². The number of carbonyl (C=O) groups is 1. The number of aliphatic hydroxyl groups excluding tert-OH is 1. The Kier molecular flexibility index (Phi) is 4.70. The van der Waals surface area contributed by atoms with Crippen molar-refractivity contribution in [2.45, 2.75) is 6.10 Å². The average Bonchev–Trinajstić information content (AvgIpc) is 3.25. The maximum absolute atomic E-state index is 11.9. The maximum atomic E-state index is 11.9. The third-order valence-corrected chi connectivity index (χ3v) is 3.95. The molecule has 6 nitrogen and oxygen atoms in total. The first-order valence-corrected chi connectivity index (χ1v) is 8.02. The van der Waals surface area contributed by atoms with Gasteiger partial charge >= 0.3 is 6.03 Å². The van der Waals surface area contributed by atoms with E-state index in [4.69, 9.17) is 0 Å². The van der Waals surface area contributed by atoms with Crippen LogP contribution in [0.15, 0.2) is 59.6 Å². The number of amides is 2. The number of aromatic nitrogens is 2. The standard InChI is InChI=1S/C16H16N4O2S/c21-15(12-6-7-23-11-12)9-17-16(22)19-13-8-18-20(10-13)14-4-2-1-3-5-14/h1-8,10-11,15,21H,9H2,(H2,17,19,22)/t15-/m0/s1. The molecule has 0 aliphatic rings. The van der Waals surface area contributed by atoms with Crippen LogP contribution in [0.3, 0.4) is 0 Å². The van der Waals surface area contributed by atoms with Gasteiger partial charge in [-0.1, -0.05) is 18.2 Å². The van der Waals surface area contributed by atoms with Crippen molar-refractivity contribution < 1.29 is 9.90 Å². The number of para-hydroxylation sites is 1. The lowest BCUT2D eigenvalue weighted by Crippen LogP contribution is -2.32. The smallest absolute Gasteiger partial charge is 0.319 e. The number of nitrogens with zero attached hydrogens (tertiary/aromatic N) is 2. The molecule has 0 saturated carbocycles. The number of aliphatic hydroxyl groups is 1. The van der Waals surface area contributed by atoms with Gasteiger partial charge in [0.25, 0.3) is 0 Å². The first-order valence-electron chi connectivity index (χ1n) is 7.07. The number of thiophene rings is 1. The van der Waals surface area contributed by atoms with Crippen molar-refractivity contribution in [3.8, 4) is 5.69 Å². The zero-order valence-corrected chi connectivity index (χ0v) is 13.0. The second-order valence-electron chi connectivity index (χ2n) is 4.92. The van der Waals surface area contributed by atoms with Crippen molar-refractivity contribution in [2.24, 2.45) is 0 Å². The third kappa shape index (κ3) is 3.97. The van der Waals surface area contributed by atoms with Gasteiger partial charge in [0, 0.05) is 6.54 Å². The van der Waals surface area contributed by atoms with Gasteiger partial charge < -0.3 is 15.7 Å². The maximum Gasteiger partial charge on any atom is 0.319 e. The van der Waals surface area contributed by atoms with Gasteiger partial charge in [-0.3, -0.25) is 0 Å². The van der Waals surface area contributed by atoms with E-state index in [-0.39, 0.29) is 12.6 Å². The minimum atomic E-state index is -0.709. The van der Waals surface area contributed by atoms with Gasteiger partial charge in [-0.15, -0.1) is 0 Å². The van der Waals surface area contributed by atoms with E-state index in [9.17, 15) is 9.90 Å². The minimum Gasteiger partial charge on any atom is -0.387 e. The van der Waals surface area contributed by atoms with E-state index < -0.39 is 6.10 Å². The lowest BCUT2D eigenvalue weighted by molar-refractivity contribution is 0.175. The predicted octanol–water partition coefficient (Wildman–Crippen LogP) is 2.79. The van der Waals surface area contributed by atoms with Crippen LogP contribution in [0, 0.1) is 0 Å². The lowest BCUT2D eigenvalue weighted by Gasteiger charge is -2.10. The fraction of sp³-hybridized carbons (Fsp3) is 0.125. The molecule has 7 heteroatoms. The fourth-order valence-electron chi connectivity index (χ4n) is 2.06. The third-order valence-electron chi connectivity index (χ3n) is 3.25. The molecule has 2 aromatic heterocycles. The summed E-state index contributed by atoms with van der Waals surface area (Å²) >= 11 is 1.51. The molecule has 118 valence electrons. The first-order chi connectivity index (χ1) is 11.2. The predicted molar refractivity (Wildman–Crippen MR) is 89.9 cm³/mol. The minimum absolute atomic E-state index is 0.148. The van der Waals surface area contributed by atoms with E-state index in [0.29, 0.717) is 5.69 Å². The Morgan fingerprint density at radius 3 is 2.87 bits per heavy atom. The number of nitrogens with one attached hydrogen (secondary N) is 2. The Morgan fingerprint density at radius 2 is 2.13 bits per heavy atom. The second-order valence-corrected chi connectivity index (χ2v) is 5.70. The highest BCUT2D eigenvalue weighted by atomic mass is 32.1. The van der Waals surface area contributed by atoms with Gasteiger partial charge in [-0.2, -0.15) is 16.4 Å². The van der Waals surface area contributed by atoms with E-state index in [0.717, 1.165) is 11.3 Å². The number of benzene rings is 1. The van der Waals surface area contributed by atoms with Crippen LogP contribution in [0.4, 0.5) is 10.5 Å². The van der Waals surface area contributed by atoms with Gasteiger partial charge in [0.1, 0.15) is 0 Å². The molecule has 23 heavy (non-hydrogen) atoms. The van der Waals surface area contributed by atoms with Gasteiger partial charge in [-0.25, -0.2) is 9.48 Å². The molecular weight excluding hydrogens is 312 g/mol. The number of hydrogen-bond acceptors (Lipinski definition) is 4. The lowest BCUT2D eigenvalue weighted by atomic mass is 10.2. The molecular formula is C16H16N4O2S. The summed E-state index contributed by atoms with van der Waals surface area (Å²) in [6, 6.07) is 11.1. The quantitative estimate of drug-likeness (QED) is 0.674. The molecule has 0 aliphatic heterocycles. The molecule has 3 aromatic rings. The Morgan fingerprint density at radius 1 is 1.30 bits per heavy atom. The van der Waals surface area contributed by atoms with Gasteiger partial charge in [-0.05, 0) is 34.5 Å². The number of urea groups is 1. The topological polar surface area (TPSA) is 79.2 Å². The first kappa shape index (κ1) is 15.3. The molecule has 0 unspecified atom stereocenters. The summed E-state index contributed by atoms with van der Waals surface area (Å²) in [6.07, 6.45) is 2.59. The highest BCUT2D eigenvalue weighted by molar-refractivity contribution is 7.07. The second kappa shape index (κ2) is 7.08.